The second kappa shape index (κ2) is 6.80. The number of nitrogens with zero attached hydrogens (tertiary/aromatic N) is 1. The number of hydrogen-bond donors (Lipinski definition) is 1. The summed E-state index contributed by atoms with van der Waals surface area (Å²) < 4.78 is 6.12. The van der Waals surface area contributed by atoms with Crippen LogP contribution in [0.1, 0.15) is 32.3 Å². The molecule has 3 heteroatoms. The number of nitrogens with one attached hydrogen (secondary N) is 1. The van der Waals surface area contributed by atoms with Crippen molar-refractivity contribution >= 4 is 0 Å². The van der Waals surface area contributed by atoms with E-state index in [4.69, 9.17) is 4.74 Å². The van der Waals surface area contributed by atoms with Gasteiger partial charge >= 0.3 is 0 Å². The Morgan fingerprint density at radius 1 is 1.19 bits per heavy atom. The van der Waals surface area contributed by atoms with Gasteiger partial charge in [0, 0.05) is 25.6 Å². The van der Waals surface area contributed by atoms with Gasteiger partial charge in [0.05, 0.1) is 0 Å². The molecule has 3 rings (SSSR count). The summed E-state index contributed by atoms with van der Waals surface area (Å²) in [4.78, 5) is 2.62. The molecule has 21 heavy (non-hydrogen) atoms. The van der Waals surface area contributed by atoms with Crippen LogP contribution in [-0.4, -0.2) is 43.2 Å². The number of ether oxygens (including phenoxy) is 1. The highest BCUT2D eigenvalue weighted by molar-refractivity contribution is 5.37. The van der Waals surface area contributed by atoms with Gasteiger partial charge in [0.15, 0.2) is 0 Å². The smallest absolute Gasteiger partial charge is 0.123 e. The molecule has 1 aromatic carbocycles. The van der Waals surface area contributed by atoms with Crippen LogP contribution in [0.4, 0.5) is 0 Å². The van der Waals surface area contributed by atoms with E-state index in [1.807, 2.05) is 0 Å². The maximum Gasteiger partial charge on any atom is 0.123 e. The molecule has 1 N–H and O–H groups in total. The Bertz CT molecular complexity index is 429. The van der Waals surface area contributed by atoms with Crippen molar-refractivity contribution < 1.29 is 4.74 Å². The van der Waals surface area contributed by atoms with Gasteiger partial charge in [-0.15, -0.1) is 0 Å². The molecule has 0 saturated carbocycles. The van der Waals surface area contributed by atoms with Crippen LogP contribution >= 0.6 is 0 Å². The summed E-state index contributed by atoms with van der Waals surface area (Å²) >= 11 is 0. The van der Waals surface area contributed by atoms with Gasteiger partial charge in [-0.2, -0.15) is 0 Å². The third kappa shape index (κ3) is 3.78. The van der Waals surface area contributed by atoms with Crippen LogP contribution in [0, 0.1) is 5.92 Å². The zero-order valence-electron chi connectivity index (χ0n) is 13.3. The van der Waals surface area contributed by atoms with Crippen LogP contribution in [0.5, 0.6) is 5.75 Å². The summed E-state index contributed by atoms with van der Waals surface area (Å²) in [6, 6.07) is 9.06. The van der Waals surface area contributed by atoms with Gasteiger partial charge < -0.3 is 10.1 Å². The monoisotopic (exact) mass is 288 g/mol. The third-order valence-electron chi connectivity index (χ3n) is 4.83. The van der Waals surface area contributed by atoms with E-state index in [-0.39, 0.29) is 0 Å². The molecule has 0 aliphatic carbocycles. The van der Waals surface area contributed by atoms with Gasteiger partial charge in [0.2, 0.25) is 0 Å². The van der Waals surface area contributed by atoms with E-state index < -0.39 is 0 Å². The molecule has 0 radical (unpaired) electrons. The van der Waals surface area contributed by atoms with Gasteiger partial charge in [-0.25, -0.2) is 0 Å². The molecule has 0 bridgehead atoms. The van der Waals surface area contributed by atoms with E-state index in [9.17, 15) is 0 Å². The standard InChI is InChI=1S/C18H28N2O/c1-14(2)20(12-15-7-9-19-10-8-15)13-17-11-16-5-3-4-6-18(16)21-17/h3-6,14-15,17,19H,7-13H2,1-2H3. The molecule has 2 aliphatic heterocycles. The van der Waals surface area contributed by atoms with Crippen molar-refractivity contribution in [3.63, 3.8) is 0 Å². The Morgan fingerprint density at radius 2 is 1.95 bits per heavy atom. The maximum atomic E-state index is 6.12. The summed E-state index contributed by atoms with van der Waals surface area (Å²) in [5.74, 6) is 1.94. The Kier molecular flexibility index (Phi) is 4.81. The van der Waals surface area contributed by atoms with Crippen molar-refractivity contribution in [3.05, 3.63) is 29.8 Å². The Hall–Kier alpha value is -1.06. The summed E-state index contributed by atoms with van der Waals surface area (Å²) in [6.45, 7) is 9.25. The second-order valence-corrected chi connectivity index (χ2v) is 6.79. The Morgan fingerprint density at radius 3 is 2.67 bits per heavy atom. The number of para-hydroxylation sites is 1. The first-order chi connectivity index (χ1) is 10.2. The normalized spacial score (nSPS) is 22.6. The van der Waals surface area contributed by atoms with E-state index in [1.54, 1.807) is 0 Å². The molecular formula is C18H28N2O. The highest BCUT2D eigenvalue weighted by Crippen LogP contribution is 2.29. The molecule has 116 valence electrons. The van der Waals surface area contributed by atoms with Gasteiger partial charge in [-0.05, 0) is 57.3 Å². The summed E-state index contributed by atoms with van der Waals surface area (Å²) in [7, 11) is 0. The van der Waals surface area contributed by atoms with Crippen LogP contribution in [0.3, 0.4) is 0 Å². The lowest BCUT2D eigenvalue weighted by molar-refractivity contribution is 0.105. The maximum absolute atomic E-state index is 6.12. The van der Waals surface area contributed by atoms with Crippen molar-refractivity contribution in [2.24, 2.45) is 5.92 Å². The fraction of sp³-hybridized carbons (Fsp3) is 0.667. The SMILES string of the molecule is CC(C)N(CC1CCNCC1)CC1Cc2ccccc2O1. The number of rotatable bonds is 5. The predicted octanol–water partition coefficient (Wildman–Crippen LogP) is 2.70. The molecule has 2 aliphatic rings. The highest BCUT2D eigenvalue weighted by atomic mass is 16.5. The van der Waals surface area contributed by atoms with Crippen molar-refractivity contribution in [3.8, 4) is 5.75 Å². The quantitative estimate of drug-likeness (QED) is 0.901. The average molecular weight is 288 g/mol. The Labute approximate surface area is 128 Å². The predicted molar refractivity (Wildman–Crippen MR) is 86.9 cm³/mol. The summed E-state index contributed by atoms with van der Waals surface area (Å²) in [6.07, 6.45) is 4.02. The van der Waals surface area contributed by atoms with Crippen molar-refractivity contribution in [1.29, 1.82) is 0 Å². The topological polar surface area (TPSA) is 24.5 Å². The fourth-order valence-corrected chi connectivity index (χ4v) is 3.51. The zero-order valence-corrected chi connectivity index (χ0v) is 13.3. The second-order valence-electron chi connectivity index (χ2n) is 6.79. The van der Waals surface area contributed by atoms with E-state index in [0.717, 1.165) is 24.6 Å². The number of piperidine rings is 1. The van der Waals surface area contributed by atoms with E-state index in [2.05, 4.69) is 48.3 Å². The average Bonchev–Trinajstić information content (AvgIpc) is 2.90. The lowest BCUT2D eigenvalue weighted by Gasteiger charge is -2.34. The van der Waals surface area contributed by atoms with Gasteiger partial charge in [0.25, 0.3) is 0 Å². The van der Waals surface area contributed by atoms with E-state index >= 15 is 0 Å². The summed E-state index contributed by atoms with van der Waals surface area (Å²) in [5.41, 5.74) is 1.37. The molecule has 0 aromatic heterocycles. The highest BCUT2D eigenvalue weighted by Gasteiger charge is 2.27. The van der Waals surface area contributed by atoms with Crippen LogP contribution in [0.25, 0.3) is 0 Å². The summed E-state index contributed by atoms with van der Waals surface area (Å²) in [5, 5.41) is 3.46. The molecule has 2 heterocycles. The minimum absolute atomic E-state index is 0.325. The zero-order chi connectivity index (χ0) is 14.7. The van der Waals surface area contributed by atoms with Gasteiger partial charge in [-0.3, -0.25) is 4.90 Å². The number of hydrogen-bond acceptors (Lipinski definition) is 3. The first-order valence-corrected chi connectivity index (χ1v) is 8.41. The number of benzene rings is 1. The van der Waals surface area contributed by atoms with Crippen LogP contribution in [0.15, 0.2) is 24.3 Å². The molecule has 1 aromatic rings. The molecule has 3 nitrogen and oxygen atoms in total. The first-order valence-electron chi connectivity index (χ1n) is 8.41. The first kappa shape index (κ1) is 14.9. The fourth-order valence-electron chi connectivity index (χ4n) is 3.51. The van der Waals surface area contributed by atoms with Crippen molar-refractivity contribution in [2.75, 3.05) is 26.2 Å². The van der Waals surface area contributed by atoms with E-state index in [0.29, 0.717) is 12.1 Å². The van der Waals surface area contributed by atoms with Gasteiger partial charge in [0.1, 0.15) is 11.9 Å². The third-order valence-corrected chi connectivity index (χ3v) is 4.83. The molecule has 1 atom stereocenters. The van der Waals surface area contributed by atoms with Crippen molar-refractivity contribution in [2.45, 2.75) is 45.3 Å². The Balaban J connectivity index is 1.56. The molecule has 1 unspecified atom stereocenters. The minimum Gasteiger partial charge on any atom is -0.488 e. The molecular weight excluding hydrogens is 260 g/mol. The van der Waals surface area contributed by atoms with E-state index in [1.165, 1.54) is 38.0 Å². The molecule has 1 fully saturated rings. The molecule has 0 amide bonds. The van der Waals surface area contributed by atoms with Crippen LogP contribution in [0.2, 0.25) is 0 Å². The van der Waals surface area contributed by atoms with Crippen LogP contribution < -0.4 is 10.1 Å². The van der Waals surface area contributed by atoms with Crippen LogP contribution in [-0.2, 0) is 6.42 Å². The minimum atomic E-state index is 0.325. The largest absolute Gasteiger partial charge is 0.488 e. The molecule has 1 saturated heterocycles. The van der Waals surface area contributed by atoms with Gasteiger partial charge in [-0.1, -0.05) is 18.2 Å². The lowest BCUT2D eigenvalue weighted by atomic mass is 9.96. The van der Waals surface area contributed by atoms with Crippen molar-refractivity contribution in [1.82, 2.24) is 10.2 Å². The molecule has 0 spiro atoms. The lowest BCUT2D eigenvalue weighted by Crippen LogP contribution is -2.44. The number of fused-ring (bicyclic) bond motifs is 1.